The van der Waals surface area contributed by atoms with Crippen LogP contribution in [0.1, 0.15) is 63.8 Å². The van der Waals surface area contributed by atoms with Crippen molar-refractivity contribution in [1.82, 2.24) is 4.98 Å². The van der Waals surface area contributed by atoms with Gasteiger partial charge < -0.3 is 0 Å². The summed E-state index contributed by atoms with van der Waals surface area (Å²) in [5.41, 5.74) is 7.61. The van der Waals surface area contributed by atoms with Crippen LogP contribution < -0.4 is 15.9 Å². The molecule has 0 aliphatic carbocycles. The van der Waals surface area contributed by atoms with E-state index in [1.165, 1.54) is 43.7 Å². The third-order valence-electron chi connectivity index (χ3n) is 6.51. The molecular weight excluding hydrogens is 441 g/mol. The Kier molecular flexibility index (Phi) is 7.03. The number of aryl methyl sites for hydroxylation is 2. The minimum atomic E-state index is -0.777. The molecule has 4 aromatic rings. The Morgan fingerprint density at radius 2 is 1.20 bits per heavy atom. The van der Waals surface area contributed by atoms with E-state index in [0.29, 0.717) is 0 Å². The third kappa shape index (κ3) is 5.41. The maximum absolute atomic E-state index is 5.05. The van der Waals surface area contributed by atoms with Crippen LogP contribution in [0.4, 0.5) is 0 Å². The van der Waals surface area contributed by atoms with Crippen LogP contribution in [0.25, 0.3) is 11.3 Å². The number of hydrogen-bond acceptors (Lipinski definition) is 1. The minimum absolute atomic E-state index is 0.0290. The fourth-order valence-electron chi connectivity index (χ4n) is 4.63. The topological polar surface area (TPSA) is 12.9 Å². The Hall–Kier alpha value is -2.76. The first kappa shape index (κ1) is 25.3. The second-order valence-electron chi connectivity index (χ2n) is 11.6. The molecule has 1 nitrogen and oxygen atoms in total. The predicted molar refractivity (Wildman–Crippen MR) is 155 cm³/mol. The Labute approximate surface area is 213 Å². The van der Waals surface area contributed by atoms with Gasteiger partial charge in [-0.1, -0.05) is 114 Å². The molecule has 0 N–H and O–H groups in total. The summed E-state index contributed by atoms with van der Waals surface area (Å²) in [5, 5.41) is 4.13. The van der Waals surface area contributed by atoms with Crippen molar-refractivity contribution in [2.75, 3.05) is 0 Å². The van der Waals surface area contributed by atoms with Gasteiger partial charge in [0.2, 0.25) is 0 Å². The predicted octanol–water partition coefficient (Wildman–Crippen LogP) is 7.72. The quantitative estimate of drug-likeness (QED) is 0.273. The monoisotopic (exact) mass is 479 g/mol. The summed E-state index contributed by atoms with van der Waals surface area (Å²) in [7, 11) is -0.777. The van der Waals surface area contributed by atoms with Gasteiger partial charge in [-0.3, -0.25) is 4.98 Å². The summed E-state index contributed by atoms with van der Waals surface area (Å²) in [6, 6.07) is 29.3. The number of aromatic nitrogens is 1. The molecule has 0 bridgehead atoms. The lowest BCUT2D eigenvalue weighted by molar-refractivity contribution is 0.570. The van der Waals surface area contributed by atoms with Gasteiger partial charge in [0.25, 0.3) is 0 Å². The molecule has 0 fully saturated rings. The molecule has 0 saturated heterocycles. The Morgan fingerprint density at radius 3 is 1.66 bits per heavy atom. The molecule has 0 saturated carbocycles. The van der Waals surface area contributed by atoms with Crippen molar-refractivity contribution in [3.8, 4) is 11.3 Å². The van der Waals surface area contributed by atoms with E-state index in [1.54, 1.807) is 0 Å². The van der Waals surface area contributed by atoms with Gasteiger partial charge in [0, 0.05) is 11.8 Å². The Balaban J connectivity index is 2.18. The largest absolute Gasteiger partial charge is 0.256 e. The van der Waals surface area contributed by atoms with Crippen molar-refractivity contribution in [3.63, 3.8) is 0 Å². The van der Waals surface area contributed by atoms with Crippen molar-refractivity contribution in [3.05, 3.63) is 107 Å². The van der Waals surface area contributed by atoms with Crippen LogP contribution in [0.3, 0.4) is 0 Å². The normalized spacial score (nSPS) is 12.3. The summed E-state index contributed by atoms with van der Waals surface area (Å²) < 4.78 is 0. The number of rotatable bonds is 4. The van der Waals surface area contributed by atoms with E-state index in [-0.39, 0.29) is 10.8 Å². The van der Waals surface area contributed by atoms with E-state index in [1.807, 2.05) is 6.20 Å². The average molecular weight is 480 g/mol. The summed E-state index contributed by atoms with van der Waals surface area (Å²) in [4.78, 5) is 5.05. The zero-order chi connectivity index (χ0) is 25.4. The summed E-state index contributed by atoms with van der Waals surface area (Å²) >= 11 is 0. The highest BCUT2D eigenvalue weighted by Gasteiger charge is 2.30. The molecule has 1 aromatic heterocycles. The summed E-state index contributed by atoms with van der Waals surface area (Å²) in [5.74, 6) is 0. The number of hydrogen-bond donors (Lipinski definition) is 0. The zero-order valence-corrected chi connectivity index (χ0v) is 23.4. The maximum Gasteiger partial charge on any atom is 0.0740 e. The van der Waals surface area contributed by atoms with Gasteiger partial charge >= 0.3 is 0 Å². The van der Waals surface area contributed by atoms with Crippen LogP contribution in [0.15, 0.2) is 85.1 Å². The van der Waals surface area contributed by atoms with E-state index in [0.717, 1.165) is 5.69 Å². The minimum Gasteiger partial charge on any atom is -0.256 e. The molecule has 180 valence electrons. The molecule has 35 heavy (non-hydrogen) atoms. The first-order chi connectivity index (χ1) is 16.5. The van der Waals surface area contributed by atoms with Crippen molar-refractivity contribution in [2.24, 2.45) is 0 Å². The Bertz CT molecular complexity index is 1270. The number of benzene rings is 3. The molecule has 0 aliphatic heterocycles. The SMILES string of the molecule is Cc1cnc(-c2c(P(c3ccccc3)c3ccccc3)cc(C(C)(C)C)cc2C(C)(C)C)c(C)c1. The highest BCUT2D eigenvalue weighted by atomic mass is 31.1. The molecule has 0 unspecified atom stereocenters. The van der Waals surface area contributed by atoms with E-state index in [2.05, 4.69) is 134 Å². The average Bonchev–Trinajstić information content (AvgIpc) is 2.79. The molecule has 0 radical (unpaired) electrons. The van der Waals surface area contributed by atoms with E-state index in [9.17, 15) is 0 Å². The van der Waals surface area contributed by atoms with Gasteiger partial charge in [0.05, 0.1) is 5.69 Å². The van der Waals surface area contributed by atoms with Crippen molar-refractivity contribution >= 4 is 23.8 Å². The molecule has 3 aromatic carbocycles. The second-order valence-corrected chi connectivity index (χ2v) is 13.8. The second kappa shape index (κ2) is 9.71. The highest BCUT2D eigenvalue weighted by molar-refractivity contribution is 7.80. The molecule has 2 heteroatoms. The van der Waals surface area contributed by atoms with Crippen molar-refractivity contribution < 1.29 is 0 Å². The van der Waals surface area contributed by atoms with Crippen LogP contribution in [0.5, 0.6) is 0 Å². The van der Waals surface area contributed by atoms with Gasteiger partial charge in [-0.25, -0.2) is 0 Å². The zero-order valence-electron chi connectivity index (χ0n) is 22.5. The summed E-state index contributed by atoms with van der Waals surface area (Å²) in [6.45, 7) is 18.3. The van der Waals surface area contributed by atoms with Crippen LogP contribution in [-0.4, -0.2) is 4.98 Å². The fraction of sp³-hybridized carbons (Fsp3) is 0.303. The first-order valence-electron chi connectivity index (χ1n) is 12.5. The van der Waals surface area contributed by atoms with Crippen LogP contribution in [0.2, 0.25) is 0 Å². The molecule has 0 amide bonds. The smallest absolute Gasteiger partial charge is 0.0740 e. The van der Waals surface area contributed by atoms with Crippen LogP contribution in [0, 0.1) is 13.8 Å². The molecule has 1 heterocycles. The van der Waals surface area contributed by atoms with Gasteiger partial charge in [0.15, 0.2) is 0 Å². The number of nitrogens with zero attached hydrogens (tertiary/aromatic N) is 1. The van der Waals surface area contributed by atoms with Crippen LogP contribution >= 0.6 is 7.92 Å². The maximum atomic E-state index is 5.05. The van der Waals surface area contributed by atoms with E-state index in [4.69, 9.17) is 4.98 Å². The standard InChI is InChI=1S/C33H38NP/c1-23-19-24(2)31(34-22-23)30-28(33(6,7)8)20-25(32(3,4)5)21-29(30)35(26-15-11-9-12-16-26)27-17-13-10-14-18-27/h9-22H,1-8H3. The summed E-state index contributed by atoms with van der Waals surface area (Å²) in [6.07, 6.45) is 2.02. The lowest BCUT2D eigenvalue weighted by Gasteiger charge is -2.32. The van der Waals surface area contributed by atoms with E-state index < -0.39 is 7.92 Å². The highest BCUT2D eigenvalue weighted by Crippen LogP contribution is 2.43. The van der Waals surface area contributed by atoms with E-state index >= 15 is 0 Å². The molecule has 0 spiro atoms. The lowest BCUT2D eigenvalue weighted by atomic mass is 9.77. The Morgan fingerprint density at radius 1 is 0.657 bits per heavy atom. The van der Waals surface area contributed by atoms with Gasteiger partial charge in [-0.15, -0.1) is 0 Å². The molecule has 4 rings (SSSR count). The number of pyridine rings is 1. The molecular formula is C33H38NP. The molecule has 0 aliphatic rings. The van der Waals surface area contributed by atoms with Gasteiger partial charge in [-0.2, -0.15) is 0 Å². The lowest BCUT2D eigenvalue weighted by Crippen LogP contribution is -2.28. The van der Waals surface area contributed by atoms with Crippen LogP contribution in [-0.2, 0) is 10.8 Å². The first-order valence-corrected chi connectivity index (χ1v) is 13.8. The van der Waals surface area contributed by atoms with Crippen molar-refractivity contribution in [2.45, 2.75) is 66.2 Å². The third-order valence-corrected chi connectivity index (χ3v) is 8.98. The van der Waals surface area contributed by atoms with Gasteiger partial charge in [-0.05, 0) is 76.8 Å². The fourth-order valence-corrected chi connectivity index (χ4v) is 7.15. The van der Waals surface area contributed by atoms with Gasteiger partial charge in [0.1, 0.15) is 0 Å². The molecule has 0 atom stereocenters. The van der Waals surface area contributed by atoms with Crippen molar-refractivity contribution in [1.29, 1.82) is 0 Å².